The molecule has 2 aromatic heterocycles. The van der Waals surface area contributed by atoms with Crippen LogP contribution in [0.3, 0.4) is 0 Å². The lowest BCUT2D eigenvalue weighted by molar-refractivity contribution is 0.542. The summed E-state index contributed by atoms with van der Waals surface area (Å²) in [6, 6.07) is 2.00. The zero-order valence-electron chi connectivity index (χ0n) is 8.44. The highest BCUT2D eigenvalue weighted by molar-refractivity contribution is 5.72. The number of hydrogen-bond donors (Lipinski definition) is 0. The number of aromatic nitrogens is 2. The lowest BCUT2D eigenvalue weighted by Gasteiger charge is -2.07. The van der Waals surface area contributed by atoms with E-state index in [4.69, 9.17) is 4.42 Å². The fourth-order valence-corrected chi connectivity index (χ4v) is 1.42. The van der Waals surface area contributed by atoms with Crippen LogP contribution in [0, 0.1) is 6.92 Å². The van der Waals surface area contributed by atoms with Gasteiger partial charge in [-0.3, -0.25) is 4.57 Å². The molecule has 0 aliphatic rings. The molecule has 0 aliphatic carbocycles. The SMILES string of the molecule is Cc1cc2cn(C(C)C)c(=O)nc2o1. The number of rotatable bonds is 1. The van der Waals surface area contributed by atoms with E-state index < -0.39 is 0 Å². The van der Waals surface area contributed by atoms with E-state index in [0.717, 1.165) is 11.1 Å². The Balaban J connectivity index is 2.76. The van der Waals surface area contributed by atoms with Crippen molar-refractivity contribution in [3.63, 3.8) is 0 Å². The first kappa shape index (κ1) is 8.99. The summed E-state index contributed by atoms with van der Waals surface area (Å²) in [6.45, 7) is 5.73. The Labute approximate surface area is 81.2 Å². The topological polar surface area (TPSA) is 48.0 Å². The lowest BCUT2D eigenvalue weighted by atomic mass is 10.3. The number of aryl methyl sites for hydroxylation is 1. The van der Waals surface area contributed by atoms with Crippen molar-refractivity contribution in [1.29, 1.82) is 0 Å². The summed E-state index contributed by atoms with van der Waals surface area (Å²) in [7, 11) is 0. The van der Waals surface area contributed by atoms with Crippen molar-refractivity contribution in [2.24, 2.45) is 0 Å². The van der Waals surface area contributed by atoms with Crippen molar-refractivity contribution in [3.8, 4) is 0 Å². The molecule has 0 atom stereocenters. The summed E-state index contributed by atoms with van der Waals surface area (Å²) in [4.78, 5) is 15.3. The van der Waals surface area contributed by atoms with Gasteiger partial charge in [-0.05, 0) is 26.8 Å². The van der Waals surface area contributed by atoms with Crippen LogP contribution in [0.1, 0.15) is 25.6 Å². The van der Waals surface area contributed by atoms with E-state index in [1.165, 1.54) is 0 Å². The van der Waals surface area contributed by atoms with E-state index in [2.05, 4.69) is 4.98 Å². The van der Waals surface area contributed by atoms with Gasteiger partial charge in [0.1, 0.15) is 5.76 Å². The van der Waals surface area contributed by atoms with Gasteiger partial charge in [-0.25, -0.2) is 4.79 Å². The molecule has 0 saturated heterocycles. The fraction of sp³-hybridized carbons (Fsp3) is 0.400. The van der Waals surface area contributed by atoms with E-state index in [-0.39, 0.29) is 11.7 Å². The molecule has 0 saturated carbocycles. The average Bonchev–Trinajstić information content (AvgIpc) is 2.42. The van der Waals surface area contributed by atoms with E-state index >= 15 is 0 Å². The van der Waals surface area contributed by atoms with Crippen molar-refractivity contribution < 1.29 is 4.42 Å². The average molecular weight is 192 g/mol. The number of hydrogen-bond acceptors (Lipinski definition) is 3. The largest absolute Gasteiger partial charge is 0.443 e. The van der Waals surface area contributed by atoms with Crippen LogP contribution in [0.15, 0.2) is 21.5 Å². The molecule has 0 unspecified atom stereocenters. The minimum Gasteiger partial charge on any atom is -0.443 e. The Kier molecular flexibility index (Phi) is 1.91. The Hall–Kier alpha value is -1.58. The molecule has 0 aromatic carbocycles. The van der Waals surface area contributed by atoms with E-state index in [1.54, 1.807) is 10.8 Å². The third-order valence-electron chi connectivity index (χ3n) is 2.12. The molecule has 2 rings (SSSR count). The minimum absolute atomic E-state index is 0.120. The molecule has 0 bridgehead atoms. The predicted molar refractivity (Wildman–Crippen MR) is 53.4 cm³/mol. The quantitative estimate of drug-likeness (QED) is 0.693. The second kappa shape index (κ2) is 2.97. The summed E-state index contributed by atoms with van der Waals surface area (Å²) >= 11 is 0. The molecular weight excluding hydrogens is 180 g/mol. The molecule has 4 heteroatoms. The molecule has 0 amide bonds. The molecule has 0 N–H and O–H groups in total. The van der Waals surface area contributed by atoms with Gasteiger partial charge in [0, 0.05) is 12.2 Å². The maximum atomic E-state index is 11.5. The Bertz CT molecular complexity index is 522. The summed E-state index contributed by atoms with van der Waals surface area (Å²) < 4.78 is 6.85. The van der Waals surface area contributed by atoms with Gasteiger partial charge in [0.05, 0.1) is 5.39 Å². The first-order valence-electron chi connectivity index (χ1n) is 4.57. The maximum absolute atomic E-state index is 11.5. The molecular formula is C10H12N2O2. The van der Waals surface area contributed by atoms with Crippen molar-refractivity contribution in [1.82, 2.24) is 9.55 Å². The number of fused-ring (bicyclic) bond motifs is 1. The smallest absolute Gasteiger partial charge is 0.351 e. The van der Waals surface area contributed by atoms with E-state index in [1.807, 2.05) is 26.8 Å². The first-order chi connectivity index (χ1) is 6.58. The van der Waals surface area contributed by atoms with Gasteiger partial charge in [-0.15, -0.1) is 0 Å². The minimum atomic E-state index is -0.262. The molecule has 0 spiro atoms. The molecule has 14 heavy (non-hydrogen) atoms. The van der Waals surface area contributed by atoms with Crippen LogP contribution in [-0.2, 0) is 0 Å². The maximum Gasteiger partial charge on any atom is 0.351 e. The zero-order valence-corrected chi connectivity index (χ0v) is 8.44. The highest BCUT2D eigenvalue weighted by Gasteiger charge is 2.07. The third-order valence-corrected chi connectivity index (χ3v) is 2.12. The summed E-state index contributed by atoms with van der Waals surface area (Å²) in [5.41, 5.74) is 0.159. The lowest BCUT2D eigenvalue weighted by Crippen LogP contribution is -2.23. The highest BCUT2D eigenvalue weighted by Crippen LogP contribution is 2.15. The second-order valence-corrected chi connectivity index (χ2v) is 3.64. The van der Waals surface area contributed by atoms with Crippen molar-refractivity contribution in [2.75, 3.05) is 0 Å². The molecule has 4 nitrogen and oxygen atoms in total. The van der Waals surface area contributed by atoms with Crippen LogP contribution < -0.4 is 5.69 Å². The van der Waals surface area contributed by atoms with Gasteiger partial charge < -0.3 is 4.42 Å². The Morgan fingerprint density at radius 1 is 1.50 bits per heavy atom. The zero-order chi connectivity index (χ0) is 10.3. The normalized spacial score (nSPS) is 11.4. The summed E-state index contributed by atoms with van der Waals surface area (Å²) in [5.74, 6) is 0.772. The Morgan fingerprint density at radius 2 is 2.21 bits per heavy atom. The van der Waals surface area contributed by atoms with Crippen LogP contribution in [0.4, 0.5) is 0 Å². The molecule has 0 aliphatic heterocycles. The molecule has 2 heterocycles. The monoisotopic (exact) mass is 192 g/mol. The number of furan rings is 1. The summed E-state index contributed by atoms with van der Waals surface area (Å²) in [5, 5.41) is 0.871. The van der Waals surface area contributed by atoms with Crippen LogP contribution >= 0.6 is 0 Å². The third kappa shape index (κ3) is 1.32. The molecule has 74 valence electrons. The van der Waals surface area contributed by atoms with Gasteiger partial charge in [-0.1, -0.05) is 0 Å². The van der Waals surface area contributed by atoms with Gasteiger partial charge in [0.15, 0.2) is 0 Å². The first-order valence-corrected chi connectivity index (χ1v) is 4.57. The van der Waals surface area contributed by atoms with Crippen molar-refractivity contribution in [3.05, 3.63) is 28.5 Å². The van der Waals surface area contributed by atoms with Gasteiger partial charge in [0.25, 0.3) is 0 Å². The van der Waals surface area contributed by atoms with Crippen molar-refractivity contribution >= 4 is 11.1 Å². The van der Waals surface area contributed by atoms with Gasteiger partial charge >= 0.3 is 5.69 Å². The number of nitrogens with zero attached hydrogens (tertiary/aromatic N) is 2. The molecule has 2 aromatic rings. The van der Waals surface area contributed by atoms with Gasteiger partial charge in [0.2, 0.25) is 5.71 Å². The van der Waals surface area contributed by atoms with Crippen LogP contribution in [0.2, 0.25) is 0 Å². The highest BCUT2D eigenvalue weighted by atomic mass is 16.3. The van der Waals surface area contributed by atoms with Crippen LogP contribution in [0.25, 0.3) is 11.1 Å². The standard InChI is InChI=1S/C10H12N2O2/c1-6(2)12-5-8-4-7(3)14-9(8)11-10(12)13/h4-6H,1-3H3. The summed E-state index contributed by atoms with van der Waals surface area (Å²) in [6.07, 6.45) is 1.78. The van der Waals surface area contributed by atoms with Crippen molar-refractivity contribution in [2.45, 2.75) is 26.8 Å². The molecule has 0 radical (unpaired) electrons. The fourth-order valence-electron chi connectivity index (χ4n) is 1.42. The van der Waals surface area contributed by atoms with E-state index in [0.29, 0.717) is 5.71 Å². The molecule has 0 fully saturated rings. The predicted octanol–water partition coefficient (Wildman–Crippen LogP) is 1.88. The van der Waals surface area contributed by atoms with Gasteiger partial charge in [-0.2, -0.15) is 4.98 Å². The Morgan fingerprint density at radius 3 is 2.86 bits per heavy atom. The van der Waals surface area contributed by atoms with Crippen LogP contribution in [-0.4, -0.2) is 9.55 Å². The van der Waals surface area contributed by atoms with E-state index in [9.17, 15) is 4.79 Å². The van der Waals surface area contributed by atoms with Crippen LogP contribution in [0.5, 0.6) is 0 Å². The second-order valence-electron chi connectivity index (χ2n) is 3.64.